The van der Waals surface area contributed by atoms with Crippen LogP contribution >= 0.6 is 23.2 Å². The predicted octanol–water partition coefficient (Wildman–Crippen LogP) is 4.90. The van der Waals surface area contributed by atoms with Gasteiger partial charge >= 0.3 is 0 Å². The van der Waals surface area contributed by atoms with Crippen LogP contribution in [0.25, 0.3) is 6.08 Å². The Labute approximate surface area is 173 Å². The number of halogens is 2. The van der Waals surface area contributed by atoms with Gasteiger partial charge in [-0.05, 0) is 68.3 Å². The molecule has 3 rings (SSSR count). The number of rotatable bonds is 4. The molecule has 28 heavy (non-hydrogen) atoms. The molecule has 144 valence electrons. The average molecular weight is 417 g/mol. The molecule has 0 fully saturated rings. The fourth-order valence-corrected chi connectivity index (χ4v) is 2.92. The van der Waals surface area contributed by atoms with Crippen molar-refractivity contribution in [2.75, 3.05) is 0 Å². The maximum absolute atomic E-state index is 12.7. The SMILES string of the molecule is CC1=NN(C(=O)C(C)Oc2ccc(Cl)c(C)c2)C(=O)/C1=C\c1ccc(Cl)cc1. The minimum absolute atomic E-state index is 0.352. The van der Waals surface area contributed by atoms with E-state index in [1.54, 1.807) is 62.4 Å². The largest absolute Gasteiger partial charge is 0.481 e. The van der Waals surface area contributed by atoms with Crippen LogP contribution in [0.5, 0.6) is 5.75 Å². The van der Waals surface area contributed by atoms with Crippen LogP contribution in [0.3, 0.4) is 0 Å². The number of hydrogen-bond acceptors (Lipinski definition) is 4. The molecular formula is C21H18Cl2N2O3. The van der Waals surface area contributed by atoms with Crippen LogP contribution in [0.15, 0.2) is 53.1 Å². The zero-order valence-corrected chi connectivity index (χ0v) is 17.1. The van der Waals surface area contributed by atoms with E-state index in [1.165, 1.54) is 0 Å². The lowest BCUT2D eigenvalue weighted by Crippen LogP contribution is -2.39. The van der Waals surface area contributed by atoms with Crippen molar-refractivity contribution in [3.05, 3.63) is 69.2 Å². The van der Waals surface area contributed by atoms with Gasteiger partial charge in [0.2, 0.25) is 0 Å². The summed E-state index contributed by atoms with van der Waals surface area (Å²) in [5.74, 6) is -0.538. The molecule has 1 heterocycles. The smallest absolute Gasteiger partial charge is 0.290 e. The first-order valence-corrected chi connectivity index (χ1v) is 9.36. The van der Waals surface area contributed by atoms with Crippen molar-refractivity contribution >= 4 is 46.8 Å². The van der Waals surface area contributed by atoms with Crippen molar-refractivity contribution in [2.24, 2.45) is 5.10 Å². The molecule has 2 aromatic rings. The number of imide groups is 1. The second kappa shape index (κ2) is 8.17. The number of hydrogen-bond donors (Lipinski definition) is 0. The molecule has 1 aliphatic heterocycles. The molecule has 1 atom stereocenters. The van der Waals surface area contributed by atoms with Crippen LogP contribution in [-0.4, -0.2) is 28.6 Å². The van der Waals surface area contributed by atoms with E-state index in [1.807, 2.05) is 6.92 Å². The molecule has 0 saturated heterocycles. The summed E-state index contributed by atoms with van der Waals surface area (Å²) in [6, 6.07) is 12.1. The van der Waals surface area contributed by atoms with Gasteiger partial charge in [-0.2, -0.15) is 10.1 Å². The molecule has 5 nitrogen and oxygen atoms in total. The van der Waals surface area contributed by atoms with Crippen LogP contribution in [0, 0.1) is 6.92 Å². The fourth-order valence-electron chi connectivity index (χ4n) is 2.68. The lowest BCUT2D eigenvalue weighted by atomic mass is 10.1. The molecule has 0 spiro atoms. The van der Waals surface area contributed by atoms with Gasteiger partial charge in [-0.1, -0.05) is 35.3 Å². The zero-order valence-electron chi connectivity index (χ0n) is 15.6. The maximum atomic E-state index is 12.7. The summed E-state index contributed by atoms with van der Waals surface area (Å²) in [6.07, 6.45) is 0.787. The molecule has 1 unspecified atom stereocenters. The van der Waals surface area contributed by atoms with E-state index in [9.17, 15) is 9.59 Å². The van der Waals surface area contributed by atoms with E-state index in [0.29, 0.717) is 27.1 Å². The van der Waals surface area contributed by atoms with Crippen LogP contribution in [0.1, 0.15) is 25.0 Å². The first kappa shape index (κ1) is 20.1. The Balaban J connectivity index is 1.76. The number of hydrazone groups is 1. The highest BCUT2D eigenvalue weighted by molar-refractivity contribution is 6.31. The average Bonchev–Trinajstić information content (AvgIpc) is 2.94. The van der Waals surface area contributed by atoms with Gasteiger partial charge in [0.1, 0.15) is 5.75 Å². The van der Waals surface area contributed by atoms with Crippen molar-refractivity contribution in [1.29, 1.82) is 0 Å². The van der Waals surface area contributed by atoms with Crippen LogP contribution in [0.4, 0.5) is 0 Å². The first-order valence-electron chi connectivity index (χ1n) is 8.60. The van der Waals surface area contributed by atoms with Crippen molar-refractivity contribution < 1.29 is 14.3 Å². The Bertz CT molecular complexity index is 997. The normalized spacial score (nSPS) is 16.3. The van der Waals surface area contributed by atoms with Crippen molar-refractivity contribution in [2.45, 2.75) is 26.9 Å². The fraction of sp³-hybridized carbons (Fsp3) is 0.190. The van der Waals surface area contributed by atoms with Crippen molar-refractivity contribution in [1.82, 2.24) is 5.01 Å². The number of amides is 2. The molecule has 0 aliphatic carbocycles. The predicted molar refractivity (Wildman–Crippen MR) is 111 cm³/mol. The third kappa shape index (κ3) is 4.26. The van der Waals surface area contributed by atoms with E-state index in [0.717, 1.165) is 16.1 Å². The van der Waals surface area contributed by atoms with Gasteiger partial charge in [-0.15, -0.1) is 0 Å². The third-order valence-electron chi connectivity index (χ3n) is 4.24. The highest BCUT2D eigenvalue weighted by atomic mass is 35.5. The Morgan fingerprint density at radius 3 is 2.46 bits per heavy atom. The Kier molecular flexibility index (Phi) is 5.87. The lowest BCUT2D eigenvalue weighted by Gasteiger charge is -2.18. The summed E-state index contributed by atoms with van der Waals surface area (Å²) < 4.78 is 5.67. The monoisotopic (exact) mass is 416 g/mol. The maximum Gasteiger partial charge on any atom is 0.290 e. The molecule has 2 amide bonds. The third-order valence-corrected chi connectivity index (χ3v) is 4.92. The number of carbonyl (C=O) groups excluding carboxylic acids is 2. The molecule has 0 bridgehead atoms. The summed E-state index contributed by atoms with van der Waals surface area (Å²) in [4.78, 5) is 25.4. The van der Waals surface area contributed by atoms with Gasteiger partial charge in [0, 0.05) is 10.0 Å². The van der Waals surface area contributed by atoms with Crippen molar-refractivity contribution in [3.8, 4) is 5.75 Å². The molecule has 0 aromatic heterocycles. The van der Waals surface area contributed by atoms with Gasteiger partial charge in [-0.3, -0.25) is 9.59 Å². The summed E-state index contributed by atoms with van der Waals surface area (Å²) in [7, 11) is 0. The molecule has 2 aromatic carbocycles. The number of nitrogens with zero attached hydrogens (tertiary/aromatic N) is 2. The zero-order chi connectivity index (χ0) is 20.4. The van der Waals surface area contributed by atoms with Crippen LogP contribution in [-0.2, 0) is 9.59 Å². The minimum atomic E-state index is -0.893. The number of aryl methyl sites for hydroxylation is 1. The number of ether oxygens (including phenoxy) is 1. The first-order chi connectivity index (χ1) is 13.3. The van der Waals surface area contributed by atoms with E-state index in [-0.39, 0.29) is 0 Å². The van der Waals surface area contributed by atoms with Gasteiger partial charge in [-0.25, -0.2) is 0 Å². The van der Waals surface area contributed by atoms with Crippen LogP contribution in [0.2, 0.25) is 10.0 Å². The topological polar surface area (TPSA) is 59.0 Å². The van der Waals surface area contributed by atoms with Gasteiger partial charge in [0.25, 0.3) is 11.8 Å². The summed E-state index contributed by atoms with van der Waals surface area (Å²) in [5.41, 5.74) is 2.43. The summed E-state index contributed by atoms with van der Waals surface area (Å²) in [6.45, 7) is 5.10. The minimum Gasteiger partial charge on any atom is -0.481 e. The molecular weight excluding hydrogens is 399 g/mol. The van der Waals surface area contributed by atoms with E-state index in [4.69, 9.17) is 27.9 Å². The number of carbonyl (C=O) groups is 2. The standard InChI is InChI=1S/C21H18Cl2N2O3/c1-12-10-17(8-9-19(12)23)28-14(3)20(26)25-21(27)18(13(2)24-25)11-15-4-6-16(22)7-5-15/h4-11,14H,1-3H3/b18-11-. The Morgan fingerprint density at radius 1 is 1.14 bits per heavy atom. The van der Waals surface area contributed by atoms with Crippen LogP contribution < -0.4 is 4.74 Å². The van der Waals surface area contributed by atoms with E-state index < -0.39 is 17.9 Å². The second-order valence-corrected chi connectivity index (χ2v) is 7.26. The Morgan fingerprint density at radius 2 is 1.82 bits per heavy atom. The second-order valence-electron chi connectivity index (χ2n) is 6.42. The molecule has 0 saturated carbocycles. The molecule has 0 radical (unpaired) electrons. The lowest BCUT2D eigenvalue weighted by molar-refractivity contribution is -0.146. The van der Waals surface area contributed by atoms with Gasteiger partial charge in [0.05, 0.1) is 11.3 Å². The van der Waals surface area contributed by atoms with E-state index >= 15 is 0 Å². The summed E-state index contributed by atoms with van der Waals surface area (Å²) in [5, 5.41) is 6.18. The van der Waals surface area contributed by atoms with Gasteiger partial charge < -0.3 is 4.74 Å². The summed E-state index contributed by atoms with van der Waals surface area (Å²) >= 11 is 11.9. The van der Waals surface area contributed by atoms with Crippen molar-refractivity contribution in [3.63, 3.8) is 0 Å². The molecule has 7 heteroatoms. The number of benzene rings is 2. The van der Waals surface area contributed by atoms with E-state index in [2.05, 4.69) is 5.10 Å². The molecule has 0 N–H and O–H groups in total. The Hall–Kier alpha value is -2.63. The highest BCUT2D eigenvalue weighted by Gasteiger charge is 2.35. The quantitative estimate of drug-likeness (QED) is 0.665. The molecule has 1 aliphatic rings. The highest BCUT2D eigenvalue weighted by Crippen LogP contribution is 2.24. The van der Waals surface area contributed by atoms with Gasteiger partial charge in [0.15, 0.2) is 6.10 Å².